The SMILES string of the molecule is CC(c1ccc(C(=O)NCCS(C)=O)cc1)n1cc2cc(-c3n[nH]c4c3CC(C)(C)C4)cnc2n1. The van der Waals surface area contributed by atoms with Crippen LogP contribution in [-0.4, -0.2) is 53.6 Å². The molecule has 0 fully saturated rings. The Morgan fingerprint density at radius 2 is 2.03 bits per heavy atom. The molecule has 2 unspecified atom stereocenters. The van der Waals surface area contributed by atoms with Gasteiger partial charge in [-0.1, -0.05) is 26.0 Å². The van der Waals surface area contributed by atoms with E-state index in [0.717, 1.165) is 35.0 Å². The van der Waals surface area contributed by atoms with Gasteiger partial charge < -0.3 is 5.32 Å². The second-order valence-electron chi connectivity index (χ2n) is 10.1. The number of rotatable bonds is 7. The molecule has 0 radical (unpaired) electrons. The van der Waals surface area contributed by atoms with Gasteiger partial charge in [-0.25, -0.2) is 4.98 Å². The van der Waals surface area contributed by atoms with Gasteiger partial charge in [-0.05, 0) is 48.9 Å². The van der Waals surface area contributed by atoms with E-state index in [1.807, 2.05) is 41.3 Å². The molecule has 1 aliphatic carbocycles. The highest BCUT2D eigenvalue weighted by molar-refractivity contribution is 7.84. The van der Waals surface area contributed by atoms with E-state index in [9.17, 15) is 9.00 Å². The number of hydrogen-bond donors (Lipinski definition) is 2. The smallest absolute Gasteiger partial charge is 0.251 e. The van der Waals surface area contributed by atoms with E-state index >= 15 is 0 Å². The van der Waals surface area contributed by atoms with Crippen LogP contribution in [0.4, 0.5) is 0 Å². The minimum absolute atomic E-state index is 0.0253. The second kappa shape index (κ2) is 9.03. The van der Waals surface area contributed by atoms with E-state index in [2.05, 4.69) is 47.3 Å². The van der Waals surface area contributed by atoms with Gasteiger partial charge in [0.2, 0.25) is 0 Å². The number of aromatic nitrogens is 5. The zero-order valence-corrected chi connectivity index (χ0v) is 21.3. The van der Waals surface area contributed by atoms with E-state index in [-0.39, 0.29) is 17.4 Å². The Bertz CT molecular complexity index is 1420. The van der Waals surface area contributed by atoms with Crippen molar-refractivity contribution in [1.29, 1.82) is 0 Å². The molecular formula is C26H30N6O2S. The molecule has 2 atom stereocenters. The molecule has 35 heavy (non-hydrogen) atoms. The Balaban J connectivity index is 1.34. The first-order valence-electron chi connectivity index (χ1n) is 11.8. The first-order valence-corrected chi connectivity index (χ1v) is 13.5. The largest absolute Gasteiger partial charge is 0.351 e. The van der Waals surface area contributed by atoms with Crippen LogP contribution in [0.2, 0.25) is 0 Å². The summed E-state index contributed by atoms with van der Waals surface area (Å²) in [5.41, 5.74) is 7.07. The monoisotopic (exact) mass is 490 g/mol. The molecule has 5 rings (SSSR count). The third-order valence-electron chi connectivity index (χ3n) is 6.64. The average molecular weight is 491 g/mol. The number of H-pyrrole nitrogens is 1. The fourth-order valence-corrected chi connectivity index (χ4v) is 5.12. The van der Waals surface area contributed by atoms with Crippen LogP contribution in [-0.2, 0) is 23.6 Å². The van der Waals surface area contributed by atoms with E-state index in [1.54, 1.807) is 6.26 Å². The maximum Gasteiger partial charge on any atom is 0.251 e. The fourth-order valence-electron chi connectivity index (χ4n) is 4.73. The Morgan fingerprint density at radius 1 is 1.26 bits per heavy atom. The number of carbonyl (C=O) groups is 1. The zero-order chi connectivity index (χ0) is 24.7. The molecular weight excluding hydrogens is 460 g/mol. The van der Waals surface area contributed by atoms with Crippen LogP contribution in [0, 0.1) is 5.41 Å². The molecule has 1 amide bonds. The number of nitrogens with zero attached hydrogens (tertiary/aromatic N) is 4. The van der Waals surface area contributed by atoms with Gasteiger partial charge in [-0.3, -0.25) is 18.8 Å². The van der Waals surface area contributed by atoms with Gasteiger partial charge in [-0.15, -0.1) is 0 Å². The van der Waals surface area contributed by atoms with Crippen molar-refractivity contribution < 1.29 is 9.00 Å². The summed E-state index contributed by atoms with van der Waals surface area (Å²) in [6.07, 6.45) is 7.52. The van der Waals surface area contributed by atoms with E-state index < -0.39 is 10.8 Å². The fraction of sp³-hybridized carbons (Fsp3) is 0.385. The Morgan fingerprint density at radius 3 is 2.77 bits per heavy atom. The molecule has 8 nitrogen and oxygen atoms in total. The molecule has 9 heteroatoms. The minimum Gasteiger partial charge on any atom is -0.351 e. The number of fused-ring (bicyclic) bond motifs is 2. The number of nitrogens with one attached hydrogen (secondary N) is 2. The van der Waals surface area contributed by atoms with Gasteiger partial charge >= 0.3 is 0 Å². The average Bonchev–Trinajstić information content (AvgIpc) is 3.49. The van der Waals surface area contributed by atoms with E-state index in [0.29, 0.717) is 23.5 Å². The third-order valence-corrected chi connectivity index (χ3v) is 7.42. The summed E-state index contributed by atoms with van der Waals surface area (Å²) in [5, 5.41) is 16.3. The molecule has 0 saturated carbocycles. The Labute approximate surface area is 207 Å². The number of aromatic amines is 1. The van der Waals surface area contributed by atoms with Crippen molar-refractivity contribution in [2.24, 2.45) is 5.41 Å². The maximum absolute atomic E-state index is 12.3. The van der Waals surface area contributed by atoms with Crippen molar-refractivity contribution in [3.8, 4) is 11.3 Å². The highest BCUT2D eigenvalue weighted by Gasteiger charge is 2.32. The summed E-state index contributed by atoms with van der Waals surface area (Å²) in [7, 11) is -0.925. The number of amides is 1. The Kier molecular flexibility index (Phi) is 6.04. The topological polar surface area (TPSA) is 106 Å². The Hall–Kier alpha value is -3.33. The highest BCUT2D eigenvalue weighted by atomic mass is 32.2. The molecule has 1 aliphatic rings. The standard InChI is InChI=1S/C26H30N6O2S/c1-16(17-5-7-18(8-6-17)25(33)27-9-10-35(4)34)32-15-20-11-19(14-28-24(20)31-32)23-21-12-26(2,3)13-22(21)29-30-23/h5-8,11,14-16H,9-10,12-13H2,1-4H3,(H,27,33)(H,29,30). The van der Waals surface area contributed by atoms with Crippen LogP contribution in [0.3, 0.4) is 0 Å². The van der Waals surface area contributed by atoms with E-state index in [1.165, 1.54) is 11.3 Å². The molecule has 4 aromatic rings. The molecule has 2 N–H and O–H groups in total. The van der Waals surface area contributed by atoms with Crippen LogP contribution in [0.25, 0.3) is 22.3 Å². The van der Waals surface area contributed by atoms with Crippen LogP contribution >= 0.6 is 0 Å². The van der Waals surface area contributed by atoms with Crippen molar-refractivity contribution in [3.05, 3.63) is 65.1 Å². The van der Waals surface area contributed by atoms with Gasteiger partial charge in [-0.2, -0.15) is 10.2 Å². The van der Waals surface area contributed by atoms with Crippen LogP contribution < -0.4 is 5.32 Å². The molecule has 0 aliphatic heterocycles. The summed E-state index contributed by atoms with van der Waals surface area (Å²) in [6, 6.07) is 9.58. The first kappa shape index (κ1) is 23.4. The van der Waals surface area contributed by atoms with Crippen molar-refractivity contribution in [1.82, 2.24) is 30.3 Å². The predicted molar refractivity (Wildman–Crippen MR) is 138 cm³/mol. The maximum atomic E-state index is 12.3. The lowest BCUT2D eigenvalue weighted by atomic mass is 9.90. The van der Waals surface area contributed by atoms with Crippen LogP contribution in [0.1, 0.15) is 54.0 Å². The van der Waals surface area contributed by atoms with Crippen LogP contribution in [0.15, 0.2) is 42.7 Å². The summed E-state index contributed by atoms with van der Waals surface area (Å²) in [5.74, 6) is 0.286. The van der Waals surface area contributed by atoms with Gasteiger partial charge in [0.05, 0.1) is 11.7 Å². The predicted octanol–water partition coefficient (Wildman–Crippen LogP) is 3.66. The van der Waals surface area contributed by atoms with Crippen molar-refractivity contribution in [2.45, 2.75) is 39.7 Å². The zero-order valence-electron chi connectivity index (χ0n) is 20.5. The lowest BCUT2D eigenvalue weighted by Crippen LogP contribution is -2.27. The number of carbonyl (C=O) groups excluding carboxylic acids is 1. The molecule has 0 bridgehead atoms. The summed E-state index contributed by atoms with van der Waals surface area (Å²) in [4.78, 5) is 16.9. The van der Waals surface area contributed by atoms with Gasteiger partial charge in [0.25, 0.3) is 5.91 Å². The molecule has 182 valence electrons. The summed E-state index contributed by atoms with van der Waals surface area (Å²) >= 11 is 0. The normalized spacial score (nSPS) is 16.2. The van der Waals surface area contributed by atoms with E-state index in [4.69, 9.17) is 5.10 Å². The highest BCUT2D eigenvalue weighted by Crippen LogP contribution is 2.40. The minimum atomic E-state index is -0.925. The van der Waals surface area contributed by atoms with Gasteiger partial charge in [0.15, 0.2) is 5.65 Å². The lowest BCUT2D eigenvalue weighted by molar-refractivity contribution is 0.0956. The second-order valence-corrected chi connectivity index (χ2v) is 11.7. The number of hydrogen-bond acceptors (Lipinski definition) is 5. The number of benzene rings is 1. The molecule has 3 aromatic heterocycles. The van der Waals surface area contributed by atoms with Gasteiger partial charge in [0, 0.05) is 69.5 Å². The quantitative estimate of drug-likeness (QED) is 0.411. The van der Waals surface area contributed by atoms with Crippen molar-refractivity contribution in [3.63, 3.8) is 0 Å². The first-order chi connectivity index (χ1) is 16.7. The van der Waals surface area contributed by atoms with Crippen molar-refractivity contribution in [2.75, 3.05) is 18.6 Å². The van der Waals surface area contributed by atoms with Gasteiger partial charge in [0.1, 0.15) is 0 Å². The lowest BCUT2D eigenvalue weighted by Gasteiger charge is -2.15. The molecule has 0 spiro atoms. The summed E-state index contributed by atoms with van der Waals surface area (Å²) in [6.45, 7) is 7.03. The summed E-state index contributed by atoms with van der Waals surface area (Å²) < 4.78 is 13.1. The third kappa shape index (κ3) is 4.77. The molecule has 1 aromatic carbocycles. The van der Waals surface area contributed by atoms with Crippen LogP contribution in [0.5, 0.6) is 0 Å². The molecule has 3 heterocycles. The number of pyridine rings is 1. The molecule has 0 saturated heterocycles. The van der Waals surface area contributed by atoms with Crippen molar-refractivity contribution >= 4 is 27.7 Å².